The molecule has 0 unspecified atom stereocenters. The van der Waals surface area contributed by atoms with Gasteiger partial charge in [0, 0.05) is 18.4 Å². The molecule has 0 saturated heterocycles. The summed E-state index contributed by atoms with van der Waals surface area (Å²) in [6.07, 6.45) is 4.49. The number of fused-ring (bicyclic) bond motifs is 2. The number of carboxylic acids is 1. The second-order valence-electron chi connectivity index (χ2n) is 5.66. The van der Waals surface area contributed by atoms with Gasteiger partial charge in [-0.25, -0.2) is 4.39 Å². The molecule has 5 heteroatoms. The minimum Gasteiger partial charge on any atom is -0.550 e. The highest BCUT2D eigenvalue weighted by Gasteiger charge is 2.48. The summed E-state index contributed by atoms with van der Waals surface area (Å²) in [7, 11) is 0. The lowest BCUT2D eigenvalue weighted by atomic mass is 9.82. The molecule has 2 aliphatic carbocycles. The molecule has 1 amide bonds. The Labute approximate surface area is 121 Å². The van der Waals surface area contributed by atoms with Crippen LogP contribution in [0.5, 0.6) is 0 Å². The van der Waals surface area contributed by atoms with Crippen LogP contribution in [-0.4, -0.2) is 11.9 Å². The number of allylic oxidation sites excluding steroid dienone is 2. The molecular formula is C16H15FNO3-. The Morgan fingerprint density at radius 3 is 2.38 bits per heavy atom. The van der Waals surface area contributed by atoms with Gasteiger partial charge in [0.2, 0.25) is 5.91 Å². The van der Waals surface area contributed by atoms with Crippen LogP contribution in [0.4, 0.5) is 4.39 Å². The van der Waals surface area contributed by atoms with E-state index in [0.717, 1.165) is 5.56 Å². The van der Waals surface area contributed by atoms with Gasteiger partial charge in [-0.3, -0.25) is 4.79 Å². The minimum atomic E-state index is -1.16. The molecule has 4 atom stereocenters. The first-order valence-corrected chi connectivity index (χ1v) is 6.97. The number of amides is 1. The van der Waals surface area contributed by atoms with Crippen LogP contribution in [0.2, 0.25) is 0 Å². The number of halogens is 1. The van der Waals surface area contributed by atoms with Gasteiger partial charge in [-0.2, -0.15) is 0 Å². The van der Waals surface area contributed by atoms with Crippen LogP contribution >= 0.6 is 0 Å². The van der Waals surface area contributed by atoms with Gasteiger partial charge in [-0.05, 0) is 36.0 Å². The fourth-order valence-corrected chi connectivity index (χ4v) is 3.41. The summed E-state index contributed by atoms with van der Waals surface area (Å²) in [5.41, 5.74) is 0.772. The number of carbonyl (C=O) groups excluding carboxylic acids is 2. The molecule has 4 nitrogen and oxygen atoms in total. The third-order valence-electron chi connectivity index (χ3n) is 4.41. The molecule has 2 aliphatic rings. The Balaban J connectivity index is 1.66. The largest absolute Gasteiger partial charge is 0.550 e. The van der Waals surface area contributed by atoms with Gasteiger partial charge < -0.3 is 15.2 Å². The van der Waals surface area contributed by atoms with E-state index in [1.807, 2.05) is 12.2 Å². The number of hydrogen-bond donors (Lipinski definition) is 1. The number of carbonyl (C=O) groups is 2. The molecule has 3 rings (SSSR count). The second-order valence-corrected chi connectivity index (χ2v) is 5.66. The van der Waals surface area contributed by atoms with E-state index in [1.54, 1.807) is 12.1 Å². The molecule has 21 heavy (non-hydrogen) atoms. The summed E-state index contributed by atoms with van der Waals surface area (Å²) in [6.45, 7) is 0.260. The Bertz CT molecular complexity index is 596. The van der Waals surface area contributed by atoms with Crippen LogP contribution in [0.25, 0.3) is 0 Å². The average Bonchev–Trinajstić information content (AvgIpc) is 3.06. The number of aliphatic carboxylic acids is 1. The first-order chi connectivity index (χ1) is 10.1. The van der Waals surface area contributed by atoms with Crippen molar-refractivity contribution in [2.45, 2.75) is 13.0 Å². The fourth-order valence-electron chi connectivity index (χ4n) is 3.41. The van der Waals surface area contributed by atoms with E-state index in [9.17, 15) is 19.1 Å². The van der Waals surface area contributed by atoms with Crippen LogP contribution in [0.1, 0.15) is 12.0 Å². The van der Waals surface area contributed by atoms with Crippen molar-refractivity contribution in [3.8, 4) is 0 Å². The van der Waals surface area contributed by atoms with Crippen molar-refractivity contribution < 1.29 is 19.1 Å². The first-order valence-electron chi connectivity index (χ1n) is 6.97. The Morgan fingerprint density at radius 1 is 1.14 bits per heavy atom. The molecule has 0 aromatic heterocycles. The van der Waals surface area contributed by atoms with Crippen molar-refractivity contribution in [1.29, 1.82) is 0 Å². The third kappa shape index (κ3) is 2.55. The van der Waals surface area contributed by atoms with Crippen LogP contribution in [0.15, 0.2) is 36.4 Å². The van der Waals surface area contributed by atoms with Crippen LogP contribution in [-0.2, 0) is 16.1 Å². The van der Waals surface area contributed by atoms with Crippen LogP contribution < -0.4 is 10.4 Å². The van der Waals surface area contributed by atoms with Crippen molar-refractivity contribution in [1.82, 2.24) is 5.32 Å². The average molecular weight is 288 g/mol. The number of hydrogen-bond acceptors (Lipinski definition) is 3. The smallest absolute Gasteiger partial charge is 0.224 e. The summed E-state index contributed by atoms with van der Waals surface area (Å²) in [5.74, 6) is -3.19. The molecule has 1 N–H and O–H groups in total. The predicted molar refractivity (Wildman–Crippen MR) is 71.0 cm³/mol. The second kappa shape index (κ2) is 5.31. The zero-order valence-electron chi connectivity index (χ0n) is 11.3. The van der Waals surface area contributed by atoms with Crippen molar-refractivity contribution in [2.75, 3.05) is 0 Å². The molecule has 0 aliphatic heterocycles. The van der Waals surface area contributed by atoms with E-state index in [0.29, 0.717) is 6.42 Å². The van der Waals surface area contributed by atoms with Crippen molar-refractivity contribution in [3.05, 3.63) is 47.8 Å². The fraction of sp³-hybridized carbons (Fsp3) is 0.375. The lowest BCUT2D eigenvalue weighted by molar-refractivity contribution is -0.313. The van der Waals surface area contributed by atoms with E-state index >= 15 is 0 Å². The number of carboxylic acid groups (broad SMARTS) is 1. The molecule has 1 aromatic rings. The van der Waals surface area contributed by atoms with Gasteiger partial charge in [0.05, 0.1) is 5.92 Å². The Kier molecular flexibility index (Phi) is 3.49. The van der Waals surface area contributed by atoms with Crippen molar-refractivity contribution in [2.24, 2.45) is 23.7 Å². The molecule has 110 valence electrons. The highest BCUT2D eigenvalue weighted by atomic mass is 19.1. The topological polar surface area (TPSA) is 69.2 Å². The standard InChI is InChI=1S/C16H16FNO3/c17-12-5-1-9(2-6-12)8-18-15(19)13-10-3-4-11(7-10)14(13)16(20)21/h1-6,10-11,13-14H,7-8H2,(H,18,19)(H,20,21)/p-1/t10-,11+,13-,14+/m1/s1. The Morgan fingerprint density at radius 2 is 1.76 bits per heavy atom. The summed E-state index contributed by atoms with van der Waals surface area (Å²) >= 11 is 0. The molecular weight excluding hydrogens is 273 g/mol. The van der Waals surface area contributed by atoms with Crippen molar-refractivity contribution >= 4 is 11.9 Å². The van der Waals surface area contributed by atoms with E-state index < -0.39 is 17.8 Å². The van der Waals surface area contributed by atoms with Crippen molar-refractivity contribution in [3.63, 3.8) is 0 Å². The maximum atomic E-state index is 12.8. The van der Waals surface area contributed by atoms with Crippen LogP contribution in [0.3, 0.4) is 0 Å². The highest BCUT2D eigenvalue weighted by molar-refractivity contribution is 5.86. The highest BCUT2D eigenvalue weighted by Crippen LogP contribution is 2.47. The lowest BCUT2D eigenvalue weighted by Crippen LogP contribution is -2.44. The van der Waals surface area contributed by atoms with Gasteiger partial charge in [-0.1, -0.05) is 24.3 Å². The maximum Gasteiger partial charge on any atom is 0.224 e. The van der Waals surface area contributed by atoms with Gasteiger partial charge in [0.1, 0.15) is 5.82 Å². The quantitative estimate of drug-likeness (QED) is 0.826. The first kappa shape index (κ1) is 13.8. The summed E-state index contributed by atoms with van der Waals surface area (Å²) < 4.78 is 12.8. The molecule has 0 radical (unpaired) electrons. The predicted octanol–water partition coefficient (Wildman–Crippen LogP) is 0.630. The number of benzene rings is 1. The van der Waals surface area contributed by atoms with Gasteiger partial charge in [0.25, 0.3) is 0 Å². The SMILES string of the molecule is O=C([O-])[C@@H]1[C@H](C(=O)NCc2ccc(F)cc2)[C@@H]2C=C[C@H]1C2. The summed E-state index contributed by atoms with van der Waals surface area (Å²) in [6, 6.07) is 5.83. The molecule has 0 heterocycles. The summed E-state index contributed by atoms with van der Waals surface area (Å²) in [5, 5.41) is 14.0. The van der Waals surface area contributed by atoms with Gasteiger partial charge in [-0.15, -0.1) is 0 Å². The molecule has 0 spiro atoms. The zero-order valence-corrected chi connectivity index (χ0v) is 11.3. The van der Waals surface area contributed by atoms with Gasteiger partial charge in [0.15, 0.2) is 0 Å². The van der Waals surface area contributed by atoms with Gasteiger partial charge >= 0.3 is 0 Å². The maximum absolute atomic E-state index is 12.8. The number of nitrogens with one attached hydrogen (secondary N) is 1. The minimum absolute atomic E-state index is 0.0221. The normalized spacial score (nSPS) is 29.6. The zero-order chi connectivity index (χ0) is 15.0. The third-order valence-corrected chi connectivity index (χ3v) is 4.41. The molecule has 1 aromatic carbocycles. The lowest BCUT2D eigenvalue weighted by Gasteiger charge is -2.27. The van der Waals surface area contributed by atoms with E-state index in [-0.39, 0.29) is 30.1 Å². The summed E-state index contributed by atoms with van der Waals surface area (Å²) in [4.78, 5) is 23.5. The molecule has 1 saturated carbocycles. The molecule has 2 bridgehead atoms. The van der Waals surface area contributed by atoms with Crippen LogP contribution in [0, 0.1) is 29.5 Å². The van der Waals surface area contributed by atoms with E-state index in [2.05, 4.69) is 5.32 Å². The number of rotatable bonds is 4. The van der Waals surface area contributed by atoms with E-state index in [1.165, 1.54) is 12.1 Å². The Hall–Kier alpha value is -2.17. The van der Waals surface area contributed by atoms with E-state index in [4.69, 9.17) is 0 Å². The monoisotopic (exact) mass is 288 g/mol. The molecule has 1 fully saturated rings.